The minimum atomic E-state index is -0.549. The number of halogens is 1. The van der Waals surface area contributed by atoms with Gasteiger partial charge in [0.1, 0.15) is 0 Å². The predicted molar refractivity (Wildman–Crippen MR) is 78.5 cm³/mol. The molecule has 0 aliphatic heterocycles. The minimum Gasteiger partial charge on any atom is -0.409 e. The molecule has 2 aromatic rings. The molecule has 1 aromatic carbocycles. The molecule has 104 valence electrons. The Morgan fingerprint density at radius 1 is 1.30 bits per heavy atom. The summed E-state index contributed by atoms with van der Waals surface area (Å²) >= 11 is 6.75. The van der Waals surface area contributed by atoms with Gasteiger partial charge in [-0.2, -0.15) is 0 Å². The lowest BCUT2D eigenvalue weighted by atomic mass is 10.1. The topological polar surface area (TPSA) is 71.7 Å². The molecule has 5 nitrogen and oxygen atoms in total. The van der Waals surface area contributed by atoms with Crippen molar-refractivity contribution in [3.63, 3.8) is 0 Å². The summed E-state index contributed by atoms with van der Waals surface area (Å²) in [6.45, 7) is 3.45. The van der Waals surface area contributed by atoms with Crippen LogP contribution in [0.3, 0.4) is 0 Å². The molecular formula is C13H11ClN2O3S. The maximum absolute atomic E-state index is 12.3. The number of nitrogens with zero attached hydrogens (tertiary/aromatic N) is 2. The molecule has 0 spiro atoms. The number of ketones is 1. The fraction of sp³-hybridized carbons (Fsp3) is 0.154. The van der Waals surface area contributed by atoms with Crippen LogP contribution in [-0.4, -0.2) is 21.4 Å². The zero-order valence-corrected chi connectivity index (χ0v) is 12.3. The first-order valence-electron chi connectivity index (χ1n) is 5.67. The molecule has 0 aliphatic rings. The number of carbonyl (C=O) groups excluding carboxylic acids is 1. The molecule has 1 heterocycles. The molecule has 0 aliphatic carbocycles. The van der Waals surface area contributed by atoms with Gasteiger partial charge >= 0.3 is 4.87 Å². The molecule has 0 fully saturated rings. The van der Waals surface area contributed by atoms with Crippen molar-refractivity contribution in [3.05, 3.63) is 55.1 Å². The van der Waals surface area contributed by atoms with Crippen molar-refractivity contribution in [1.29, 1.82) is 0 Å². The molecule has 1 N–H and O–H groups in total. The molecule has 7 heteroatoms. The van der Waals surface area contributed by atoms with Crippen LogP contribution in [0.15, 0.2) is 34.2 Å². The van der Waals surface area contributed by atoms with Crippen molar-refractivity contribution < 1.29 is 10.0 Å². The summed E-state index contributed by atoms with van der Waals surface area (Å²) in [6, 6.07) is 6.13. The summed E-state index contributed by atoms with van der Waals surface area (Å²) in [6.07, 6.45) is 0. The second kappa shape index (κ2) is 5.60. The quantitative estimate of drug-likeness (QED) is 0.305. The number of hydrogen-bond acceptors (Lipinski definition) is 5. The zero-order valence-electron chi connectivity index (χ0n) is 10.8. The summed E-state index contributed by atoms with van der Waals surface area (Å²) in [5.74, 6) is -0.869. The Bertz CT molecular complexity index is 744. The van der Waals surface area contributed by atoms with Gasteiger partial charge in [-0.3, -0.25) is 9.59 Å². The van der Waals surface area contributed by atoms with Gasteiger partial charge in [-0.15, -0.1) is 0 Å². The van der Waals surface area contributed by atoms with Gasteiger partial charge in [0.15, 0.2) is 0 Å². The molecule has 2 rings (SSSR count). The molecular weight excluding hydrogens is 300 g/mol. The maximum Gasteiger partial charge on any atom is 0.313 e. The number of aryl methyl sites for hydroxylation is 1. The lowest BCUT2D eigenvalue weighted by Crippen LogP contribution is -2.31. The fourth-order valence-electron chi connectivity index (χ4n) is 1.71. The van der Waals surface area contributed by atoms with E-state index in [1.54, 1.807) is 26.0 Å². The molecule has 0 unspecified atom stereocenters. The number of thiazole rings is 1. The van der Waals surface area contributed by atoms with Crippen LogP contribution in [0.25, 0.3) is 0 Å². The van der Waals surface area contributed by atoms with E-state index < -0.39 is 5.78 Å². The van der Waals surface area contributed by atoms with Gasteiger partial charge in [0.05, 0.1) is 0 Å². The molecule has 0 saturated carbocycles. The van der Waals surface area contributed by atoms with Crippen LogP contribution in [0.2, 0.25) is 5.02 Å². The van der Waals surface area contributed by atoms with Crippen LogP contribution in [0, 0.1) is 13.8 Å². The van der Waals surface area contributed by atoms with Gasteiger partial charge in [-0.05, 0) is 38.1 Å². The average Bonchev–Trinajstić information content (AvgIpc) is 2.67. The van der Waals surface area contributed by atoms with Crippen LogP contribution in [0.5, 0.6) is 0 Å². The highest BCUT2D eigenvalue weighted by Crippen LogP contribution is 2.13. The Morgan fingerprint density at radius 2 is 1.90 bits per heavy atom. The first-order chi connectivity index (χ1) is 9.45. The Balaban J connectivity index is 2.51. The van der Waals surface area contributed by atoms with E-state index in [2.05, 4.69) is 5.16 Å². The Hall–Kier alpha value is -1.92. The Kier molecular flexibility index (Phi) is 4.06. The fourth-order valence-corrected chi connectivity index (χ4v) is 2.65. The van der Waals surface area contributed by atoms with Crippen molar-refractivity contribution in [2.45, 2.75) is 13.8 Å². The standard InChI is InChI=1S/C13H11ClN2O3S/c1-7-8(2)20-13(18)16(7)12(15-19)11(17)9-3-5-10(14)6-4-9/h3-6,19H,1-2H3/b15-12-. The number of aromatic nitrogens is 1. The number of Topliss-reactive ketones (excluding diaryl/α,β-unsaturated/α-hetero) is 1. The maximum atomic E-state index is 12.3. The Morgan fingerprint density at radius 3 is 2.35 bits per heavy atom. The van der Waals surface area contributed by atoms with Crippen molar-refractivity contribution in [3.8, 4) is 0 Å². The monoisotopic (exact) mass is 310 g/mol. The van der Waals surface area contributed by atoms with E-state index in [1.807, 2.05) is 0 Å². The highest BCUT2D eigenvalue weighted by Gasteiger charge is 2.22. The molecule has 0 saturated heterocycles. The summed E-state index contributed by atoms with van der Waals surface area (Å²) in [5, 5.41) is 12.6. The third-order valence-electron chi connectivity index (χ3n) is 2.88. The predicted octanol–water partition coefficient (Wildman–Crippen LogP) is 2.70. The SMILES string of the molecule is Cc1sc(=O)n(/C(=N\O)C(=O)c2ccc(Cl)cc2)c1C. The Labute approximate surface area is 123 Å². The molecule has 0 atom stereocenters. The summed E-state index contributed by atoms with van der Waals surface area (Å²) in [5.41, 5.74) is 0.868. The van der Waals surface area contributed by atoms with Gasteiger partial charge in [0.25, 0.3) is 0 Å². The summed E-state index contributed by atoms with van der Waals surface area (Å²) < 4.78 is 1.11. The lowest BCUT2D eigenvalue weighted by Gasteiger charge is -2.06. The molecule has 0 bridgehead atoms. The van der Waals surface area contributed by atoms with Gasteiger partial charge in [-0.25, -0.2) is 4.57 Å². The molecule has 0 amide bonds. The first kappa shape index (κ1) is 14.5. The number of hydrogen-bond donors (Lipinski definition) is 1. The number of carbonyl (C=O) groups is 1. The van der Waals surface area contributed by atoms with Gasteiger partial charge in [0, 0.05) is 21.2 Å². The van der Waals surface area contributed by atoms with E-state index >= 15 is 0 Å². The first-order valence-corrected chi connectivity index (χ1v) is 6.87. The zero-order chi connectivity index (χ0) is 14.9. The van der Waals surface area contributed by atoms with Crippen LogP contribution in [-0.2, 0) is 0 Å². The van der Waals surface area contributed by atoms with E-state index in [4.69, 9.17) is 16.8 Å². The molecule has 0 radical (unpaired) electrons. The van der Waals surface area contributed by atoms with Gasteiger partial charge in [-0.1, -0.05) is 28.1 Å². The van der Waals surface area contributed by atoms with Gasteiger partial charge in [0.2, 0.25) is 11.6 Å². The number of benzene rings is 1. The average molecular weight is 311 g/mol. The van der Waals surface area contributed by atoms with E-state index in [1.165, 1.54) is 12.1 Å². The summed E-state index contributed by atoms with van der Waals surface area (Å²) in [7, 11) is 0. The second-order valence-corrected chi connectivity index (χ2v) is 5.71. The minimum absolute atomic E-state index is 0.289. The second-order valence-electron chi connectivity index (χ2n) is 4.10. The van der Waals surface area contributed by atoms with E-state index in [0.717, 1.165) is 20.8 Å². The smallest absolute Gasteiger partial charge is 0.313 e. The van der Waals surface area contributed by atoms with Crippen LogP contribution >= 0.6 is 22.9 Å². The third kappa shape index (κ3) is 2.52. The summed E-state index contributed by atoms with van der Waals surface area (Å²) in [4.78, 5) is 24.6. The van der Waals surface area contributed by atoms with Gasteiger partial charge < -0.3 is 5.21 Å². The van der Waals surface area contributed by atoms with E-state index in [9.17, 15) is 9.59 Å². The van der Waals surface area contributed by atoms with E-state index in [0.29, 0.717) is 10.7 Å². The van der Waals surface area contributed by atoms with Crippen molar-refractivity contribution in [1.82, 2.24) is 4.57 Å². The van der Waals surface area contributed by atoms with Crippen molar-refractivity contribution >= 4 is 34.6 Å². The third-order valence-corrected chi connectivity index (χ3v) is 4.09. The number of oxime groups is 1. The highest BCUT2D eigenvalue weighted by molar-refractivity contribution is 7.09. The molecule has 20 heavy (non-hydrogen) atoms. The van der Waals surface area contributed by atoms with Crippen molar-refractivity contribution in [2.75, 3.05) is 0 Å². The molecule has 1 aromatic heterocycles. The van der Waals surface area contributed by atoms with Crippen LogP contribution in [0.4, 0.5) is 0 Å². The highest BCUT2D eigenvalue weighted by atomic mass is 35.5. The van der Waals surface area contributed by atoms with Crippen molar-refractivity contribution in [2.24, 2.45) is 5.16 Å². The van der Waals surface area contributed by atoms with Crippen LogP contribution < -0.4 is 4.87 Å². The lowest BCUT2D eigenvalue weighted by molar-refractivity contribution is 0.105. The largest absolute Gasteiger partial charge is 0.409 e. The number of rotatable bonds is 2. The van der Waals surface area contributed by atoms with Crippen LogP contribution in [0.1, 0.15) is 20.9 Å². The van der Waals surface area contributed by atoms with E-state index in [-0.39, 0.29) is 16.3 Å². The normalized spacial score (nSPS) is 11.7.